The van der Waals surface area contributed by atoms with Gasteiger partial charge in [0, 0.05) is 12.7 Å². The summed E-state index contributed by atoms with van der Waals surface area (Å²) in [4.78, 5) is 19.1. The molecule has 0 atom stereocenters. The van der Waals surface area contributed by atoms with Gasteiger partial charge in [0.2, 0.25) is 0 Å². The highest BCUT2D eigenvalue weighted by molar-refractivity contribution is 9.10. The van der Waals surface area contributed by atoms with Crippen molar-refractivity contribution >= 4 is 21.8 Å². The van der Waals surface area contributed by atoms with Crippen molar-refractivity contribution in [2.75, 3.05) is 6.54 Å². The summed E-state index contributed by atoms with van der Waals surface area (Å²) in [6.45, 7) is 2.40. The van der Waals surface area contributed by atoms with Crippen molar-refractivity contribution in [2.45, 2.75) is 6.92 Å². The number of hydrogen-bond donors (Lipinski definition) is 1. The number of hydrogen-bond acceptors (Lipinski definition) is 3. The number of aromatic nitrogens is 2. The number of halogens is 1. The highest BCUT2D eigenvalue weighted by Gasteiger charge is 2.09. The van der Waals surface area contributed by atoms with Gasteiger partial charge in [0.05, 0.1) is 4.47 Å². The Balaban J connectivity index is 2.65. The van der Waals surface area contributed by atoms with Crippen molar-refractivity contribution in [3.63, 3.8) is 0 Å². The summed E-state index contributed by atoms with van der Waals surface area (Å²) < 4.78 is 0.595. The maximum Gasteiger partial charge on any atom is 0.271 e. The Hall–Kier alpha value is -1.23. The summed E-state index contributed by atoms with van der Waals surface area (Å²) in [5.74, 6) is -0.211. The predicted octanol–water partition coefficient (Wildman–Crippen LogP) is 1.54. The summed E-state index contributed by atoms with van der Waals surface area (Å²) in [5, 5.41) is 2.69. The molecule has 1 heterocycles. The summed E-state index contributed by atoms with van der Waals surface area (Å²) in [5.41, 5.74) is 0.351. The number of nitrogens with zero attached hydrogens (tertiary/aromatic N) is 2. The molecule has 1 amide bonds. The first-order valence-electron chi connectivity index (χ1n) is 4.10. The first-order chi connectivity index (χ1) is 6.75. The molecular formula is C9H10BrN3O. The quantitative estimate of drug-likeness (QED) is 0.834. The lowest BCUT2D eigenvalue weighted by molar-refractivity contribution is 0.0952. The van der Waals surface area contributed by atoms with Crippen molar-refractivity contribution in [2.24, 2.45) is 0 Å². The van der Waals surface area contributed by atoms with Crippen molar-refractivity contribution in [1.29, 1.82) is 0 Å². The summed E-state index contributed by atoms with van der Waals surface area (Å²) >= 11 is 3.20. The fourth-order valence-corrected chi connectivity index (χ4v) is 1.23. The van der Waals surface area contributed by atoms with E-state index in [1.807, 2.05) is 19.1 Å². The number of nitrogens with one attached hydrogen (secondary N) is 1. The molecule has 1 rings (SSSR count). The van der Waals surface area contributed by atoms with Gasteiger partial charge in [-0.25, -0.2) is 9.97 Å². The van der Waals surface area contributed by atoms with Crippen LogP contribution in [0.5, 0.6) is 0 Å². The Labute approximate surface area is 90.6 Å². The third-order valence-corrected chi connectivity index (χ3v) is 2.08. The largest absolute Gasteiger partial charge is 0.347 e. The van der Waals surface area contributed by atoms with E-state index in [0.29, 0.717) is 16.7 Å². The van der Waals surface area contributed by atoms with Crippen LogP contribution >= 0.6 is 15.9 Å². The van der Waals surface area contributed by atoms with Crippen LogP contribution in [0.4, 0.5) is 0 Å². The molecule has 4 nitrogen and oxygen atoms in total. The number of rotatable bonds is 3. The molecule has 0 aliphatic carbocycles. The van der Waals surface area contributed by atoms with E-state index in [-0.39, 0.29) is 5.91 Å². The molecule has 0 radical (unpaired) electrons. The van der Waals surface area contributed by atoms with Crippen molar-refractivity contribution in [3.05, 3.63) is 34.8 Å². The van der Waals surface area contributed by atoms with Crippen LogP contribution < -0.4 is 5.32 Å². The minimum Gasteiger partial charge on any atom is -0.347 e. The Bertz CT molecular complexity index is 352. The van der Waals surface area contributed by atoms with Gasteiger partial charge in [-0.15, -0.1) is 0 Å². The Kier molecular flexibility index (Phi) is 4.25. The lowest BCUT2D eigenvalue weighted by atomic mass is 10.4. The van der Waals surface area contributed by atoms with Crippen LogP contribution in [0.25, 0.3) is 0 Å². The smallest absolute Gasteiger partial charge is 0.271 e. The molecule has 0 unspecified atom stereocenters. The Morgan fingerprint density at radius 1 is 1.71 bits per heavy atom. The molecular weight excluding hydrogens is 246 g/mol. The van der Waals surface area contributed by atoms with Gasteiger partial charge in [-0.05, 0) is 22.9 Å². The normalized spacial score (nSPS) is 10.4. The van der Waals surface area contributed by atoms with Crippen LogP contribution in [0.1, 0.15) is 17.4 Å². The first kappa shape index (κ1) is 10.8. The van der Waals surface area contributed by atoms with Crippen LogP contribution in [-0.4, -0.2) is 22.4 Å². The topological polar surface area (TPSA) is 54.9 Å². The highest BCUT2D eigenvalue weighted by Crippen LogP contribution is 2.10. The molecule has 0 fully saturated rings. The van der Waals surface area contributed by atoms with Gasteiger partial charge in [0.1, 0.15) is 12.0 Å². The molecule has 1 aromatic rings. The Morgan fingerprint density at radius 3 is 3.14 bits per heavy atom. The van der Waals surface area contributed by atoms with E-state index >= 15 is 0 Å². The average molecular weight is 256 g/mol. The molecule has 0 aliphatic rings. The molecule has 14 heavy (non-hydrogen) atoms. The molecule has 0 bridgehead atoms. The van der Waals surface area contributed by atoms with Crippen LogP contribution in [0.2, 0.25) is 0 Å². The number of amides is 1. The molecule has 5 heteroatoms. The van der Waals surface area contributed by atoms with E-state index in [0.717, 1.165) is 0 Å². The van der Waals surface area contributed by atoms with E-state index in [2.05, 4.69) is 31.2 Å². The second-order valence-corrected chi connectivity index (χ2v) is 3.35. The zero-order valence-electron chi connectivity index (χ0n) is 7.70. The van der Waals surface area contributed by atoms with Gasteiger partial charge >= 0.3 is 0 Å². The first-order valence-corrected chi connectivity index (χ1v) is 4.90. The number of carbonyl (C=O) groups excluding carboxylic acids is 1. The van der Waals surface area contributed by atoms with E-state index < -0.39 is 0 Å². The molecule has 1 N–H and O–H groups in total. The molecule has 0 aliphatic heterocycles. The van der Waals surface area contributed by atoms with E-state index in [1.165, 1.54) is 12.5 Å². The predicted molar refractivity (Wildman–Crippen MR) is 56.9 cm³/mol. The monoisotopic (exact) mass is 255 g/mol. The highest BCUT2D eigenvalue weighted by atomic mass is 79.9. The molecule has 0 saturated carbocycles. The van der Waals surface area contributed by atoms with Gasteiger partial charge in [-0.2, -0.15) is 0 Å². The third-order valence-electron chi connectivity index (χ3n) is 1.50. The van der Waals surface area contributed by atoms with Crippen LogP contribution in [0.3, 0.4) is 0 Å². The summed E-state index contributed by atoms with van der Waals surface area (Å²) in [6.07, 6.45) is 6.61. The fraction of sp³-hybridized carbons (Fsp3) is 0.222. The molecule has 0 spiro atoms. The summed E-state index contributed by atoms with van der Waals surface area (Å²) in [6, 6.07) is 0. The van der Waals surface area contributed by atoms with Gasteiger partial charge in [-0.3, -0.25) is 4.79 Å². The standard InChI is InChI=1S/C9H10BrN3O/c1-2-3-4-12-9(14)8-7(10)5-11-6-13-8/h2-3,5-6H,4H2,1H3,(H,12,14)/b3-2+. The van der Waals surface area contributed by atoms with Crippen LogP contribution in [-0.2, 0) is 0 Å². The van der Waals surface area contributed by atoms with Crippen LogP contribution in [0.15, 0.2) is 29.1 Å². The van der Waals surface area contributed by atoms with Crippen molar-refractivity contribution in [1.82, 2.24) is 15.3 Å². The lowest BCUT2D eigenvalue weighted by Gasteiger charge is -2.02. The van der Waals surface area contributed by atoms with Crippen molar-refractivity contribution in [3.8, 4) is 0 Å². The second-order valence-electron chi connectivity index (χ2n) is 2.50. The lowest BCUT2D eigenvalue weighted by Crippen LogP contribution is -2.24. The number of allylic oxidation sites excluding steroid dienone is 1. The van der Waals surface area contributed by atoms with Gasteiger partial charge in [0.15, 0.2) is 0 Å². The molecule has 1 aromatic heterocycles. The SMILES string of the molecule is C/C=C/CNC(=O)c1ncncc1Br. The average Bonchev–Trinajstić information content (AvgIpc) is 2.18. The zero-order chi connectivity index (χ0) is 10.4. The molecule has 0 aromatic carbocycles. The third kappa shape index (κ3) is 2.92. The second kappa shape index (κ2) is 5.49. The fourth-order valence-electron chi connectivity index (χ4n) is 0.833. The van der Waals surface area contributed by atoms with E-state index in [1.54, 1.807) is 0 Å². The van der Waals surface area contributed by atoms with E-state index in [9.17, 15) is 4.79 Å². The molecule has 74 valence electrons. The molecule has 0 saturated heterocycles. The van der Waals surface area contributed by atoms with Gasteiger partial charge in [0.25, 0.3) is 5.91 Å². The van der Waals surface area contributed by atoms with Gasteiger partial charge in [-0.1, -0.05) is 12.2 Å². The minimum absolute atomic E-state index is 0.211. The van der Waals surface area contributed by atoms with Crippen molar-refractivity contribution < 1.29 is 4.79 Å². The zero-order valence-corrected chi connectivity index (χ0v) is 9.28. The van der Waals surface area contributed by atoms with Crippen LogP contribution in [0, 0.1) is 0 Å². The number of carbonyl (C=O) groups is 1. The summed E-state index contributed by atoms with van der Waals surface area (Å²) in [7, 11) is 0. The van der Waals surface area contributed by atoms with E-state index in [4.69, 9.17) is 0 Å². The Morgan fingerprint density at radius 2 is 2.50 bits per heavy atom. The minimum atomic E-state index is -0.211. The maximum absolute atomic E-state index is 11.5. The maximum atomic E-state index is 11.5. The van der Waals surface area contributed by atoms with Gasteiger partial charge < -0.3 is 5.32 Å².